The van der Waals surface area contributed by atoms with Crippen molar-refractivity contribution in [2.24, 2.45) is 0 Å². The van der Waals surface area contributed by atoms with Gasteiger partial charge in [-0.25, -0.2) is 0 Å². The lowest BCUT2D eigenvalue weighted by Gasteiger charge is -2.41. The van der Waals surface area contributed by atoms with Gasteiger partial charge in [-0.15, -0.1) is 0 Å². The minimum Gasteiger partial charge on any atom is -0.383 e. The van der Waals surface area contributed by atoms with Crippen LogP contribution in [0.2, 0.25) is 0 Å². The van der Waals surface area contributed by atoms with E-state index in [0.717, 1.165) is 11.1 Å². The van der Waals surface area contributed by atoms with E-state index in [4.69, 9.17) is 0 Å². The molecule has 1 fully saturated rings. The zero-order valence-corrected chi connectivity index (χ0v) is 11.0. The van der Waals surface area contributed by atoms with Crippen LogP contribution in [0.3, 0.4) is 0 Å². The highest BCUT2D eigenvalue weighted by Crippen LogP contribution is 2.44. The van der Waals surface area contributed by atoms with E-state index in [1.165, 1.54) is 0 Å². The van der Waals surface area contributed by atoms with Crippen molar-refractivity contribution in [3.63, 3.8) is 0 Å². The Morgan fingerprint density at radius 1 is 1.37 bits per heavy atom. The second kappa shape index (κ2) is 4.56. The van der Waals surface area contributed by atoms with Crippen LogP contribution in [0.4, 0.5) is 14.5 Å². The number of anilines is 1. The average Bonchev–Trinajstić information content (AvgIpc) is 2.31. The molecule has 0 radical (unpaired) electrons. The molecular formula is C14H17F2NO2. The van der Waals surface area contributed by atoms with Gasteiger partial charge in [0.2, 0.25) is 0 Å². The van der Waals surface area contributed by atoms with E-state index in [-0.39, 0.29) is 12.8 Å². The average molecular weight is 269 g/mol. The molecule has 104 valence electrons. The Balaban J connectivity index is 2.19. The normalized spacial score (nSPS) is 17.7. The first-order valence-corrected chi connectivity index (χ1v) is 6.26. The number of amides is 1. The van der Waals surface area contributed by atoms with E-state index in [0.29, 0.717) is 12.1 Å². The molecule has 0 aromatic heterocycles. The Morgan fingerprint density at radius 3 is 2.53 bits per heavy atom. The summed E-state index contributed by atoms with van der Waals surface area (Å²) in [7, 11) is 0. The number of aryl methyl sites for hydroxylation is 1. The van der Waals surface area contributed by atoms with Crippen LogP contribution < -0.4 is 5.32 Å². The van der Waals surface area contributed by atoms with Crippen LogP contribution in [-0.2, 0) is 4.79 Å². The first kappa shape index (κ1) is 13.9. The van der Waals surface area contributed by atoms with Gasteiger partial charge < -0.3 is 10.4 Å². The fourth-order valence-electron chi connectivity index (χ4n) is 2.12. The molecule has 1 aromatic rings. The highest BCUT2D eigenvalue weighted by molar-refractivity contribution is 5.97. The Bertz CT molecular complexity index is 510. The van der Waals surface area contributed by atoms with Gasteiger partial charge in [-0.2, -0.15) is 8.78 Å². The molecule has 0 unspecified atom stereocenters. The third-order valence-corrected chi connectivity index (χ3v) is 3.90. The summed E-state index contributed by atoms with van der Waals surface area (Å²) in [5.74, 6) is -5.20. The van der Waals surface area contributed by atoms with Crippen LogP contribution in [0.15, 0.2) is 18.2 Å². The minimum atomic E-state index is -3.76. The molecule has 1 amide bonds. The van der Waals surface area contributed by atoms with Crippen molar-refractivity contribution in [3.8, 4) is 0 Å². The number of hydrogen-bond donors (Lipinski definition) is 2. The van der Waals surface area contributed by atoms with Gasteiger partial charge in [0, 0.05) is 5.69 Å². The van der Waals surface area contributed by atoms with Crippen molar-refractivity contribution >= 4 is 11.6 Å². The van der Waals surface area contributed by atoms with Gasteiger partial charge in [0.05, 0.1) is 0 Å². The van der Waals surface area contributed by atoms with Crippen LogP contribution in [0.1, 0.15) is 30.4 Å². The van der Waals surface area contributed by atoms with Crippen molar-refractivity contribution < 1.29 is 18.7 Å². The second-order valence-corrected chi connectivity index (χ2v) is 5.16. The molecule has 2 rings (SSSR count). The number of alkyl halides is 2. The van der Waals surface area contributed by atoms with E-state index in [1.807, 2.05) is 13.0 Å². The smallest absolute Gasteiger partial charge is 0.352 e. The fraction of sp³-hybridized carbons (Fsp3) is 0.500. The zero-order chi connectivity index (χ0) is 14.3. The summed E-state index contributed by atoms with van der Waals surface area (Å²) in [6, 6.07) is 5.10. The number of aliphatic hydroxyl groups is 1. The molecule has 1 aromatic carbocycles. The van der Waals surface area contributed by atoms with Crippen molar-refractivity contribution in [3.05, 3.63) is 29.3 Å². The minimum absolute atomic E-state index is 0.0414. The van der Waals surface area contributed by atoms with Crippen LogP contribution in [0, 0.1) is 13.8 Å². The molecule has 0 atom stereocenters. The summed E-state index contributed by atoms with van der Waals surface area (Å²) in [4.78, 5) is 11.7. The predicted molar refractivity (Wildman–Crippen MR) is 68.3 cm³/mol. The summed E-state index contributed by atoms with van der Waals surface area (Å²) in [6.07, 6.45) is 0.434. The highest BCUT2D eigenvalue weighted by Gasteiger charge is 2.61. The van der Waals surface area contributed by atoms with Crippen LogP contribution in [0.5, 0.6) is 0 Å². The maximum Gasteiger partial charge on any atom is 0.352 e. The first-order valence-electron chi connectivity index (χ1n) is 6.26. The van der Waals surface area contributed by atoms with Gasteiger partial charge in [0.15, 0.2) is 0 Å². The number of nitrogens with one attached hydrogen (secondary N) is 1. The van der Waals surface area contributed by atoms with Gasteiger partial charge >= 0.3 is 5.92 Å². The molecule has 1 aliphatic rings. The van der Waals surface area contributed by atoms with Crippen molar-refractivity contribution in [1.82, 2.24) is 0 Å². The molecule has 0 spiro atoms. The first-order chi connectivity index (χ1) is 8.78. The van der Waals surface area contributed by atoms with Gasteiger partial charge in [-0.05, 0) is 50.3 Å². The van der Waals surface area contributed by atoms with E-state index < -0.39 is 17.4 Å². The molecule has 0 saturated heterocycles. The standard InChI is InChI=1S/C14H17F2NO2/c1-9-5-3-6-11(10(9)2)17-12(18)14(15,16)13(19)7-4-8-13/h3,5-6,19H,4,7-8H2,1-2H3,(H,17,18). The Hall–Kier alpha value is -1.49. The lowest BCUT2D eigenvalue weighted by atomic mass is 9.75. The van der Waals surface area contributed by atoms with Crippen molar-refractivity contribution in [1.29, 1.82) is 0 Å². The molecule has 2 N–H and O–H groups in total. The third-order valence-electron chi connectivity index (χ3n) is 3.90. The summed E-state index contributed by atoms with van der Waals surface area (Å²) in [5.41, 5.74) is -0.183. The molecule has 1 aliphatic carbocycles. The lowest BCUT2D eigenvalue weighted by molar-refractivity contribution is -0.212. The summed E-state index contributed by atoms with van der Waals surface area (Å²) in [6.45, 7) is 3.59. The SMILES string of the molecule is Cc1cccc(NC(=O)C(F)(F)C2(O)CCC2)c1C. The second-order valence-electron chi connectivity index (χ2n) is 5.16. The maximum atomic E-state index is 13.9. The summed E-state index contributed by atoms with van der Waals surface area (Å²) in [5, 5.41) is 11.9. The molecule has 0 bridgehead atoms. The van der Waals surface area contributed by atoms with Crippen molar-refractivity contribution in [2.45, 2.75) is 44.6 Å². The molecule has 19 heavy (non-hydrogen) atoms. The maximum absolute atomic E-state index is 13.9. The number of carbonyl (C=O) groups is 1. The molecule has 5 heteroatoms. The summed E-state index contributed by atoms with van der Waals surface area (Å²) >= 11 is 0. The van der Waals surface area contributed by atoms with E-state index in [2.05, 4.69) is 5.32 Å². The number of benzene rings is 1. The van der Waals surface area contributed by atoms with Gasteiger partial charge in [-0.1, -0.05) is 12.1 Å². The summed E-state index contributed by atoms with van der Waals surface area (Å²) < 4.78 is 27.8. The number of hydrogen-bond acceptors (Lipinski definition) is 2. The molecule has 1 saturated carbocycles. The van der Waals surface area contributed by atoms with Crippen LogP contribution in [-0.4, -0.2) is 22.5 Å². The molecular weight excluding hydrogens is 252 g/mol. The quantitative estimate of drug-likeness (QED) is 0.886. The fourth-order valence-corrected chi connectivity index (χ4v) is 2.12. The molecule has 3 nitrogen and oxygen atoms in total. The topological polar surface area (TPSA) is 49.3 Å². The third kappa shape index (κ3) is 2.23. The Morgan fingerprint density at radius 2 is 2.00 bits per heavy atom. The monoisotopic (exact) mass is 269 g/mol. The Labute approximate surface area is 110 Å². The number of halogens is 2. The van der Waals surface area contributed by atoms with Crippen LogP contribution in [0.25, 0.3) is 0 Å². The number of carbonyl (C=O) groups excluding carboxylic acids is 1. The van der Waals surface area contributed by atoms with Crippen LogP contribution >= 0.6 is 0 Å². The highest BCUT2D eigenvalue weighted by atomic mass is 19.3. The van der Waals surface area contributed by atoms with E-state index >= 15 is 0 Å². The van der Waals surface area contributed by atoms with E-state index in [1.54, 1.807) is 19.1 Å². The van der Waals surface area contributed by atoms with Crippen molar-refractivity contribution in [2.75, 3.05) is 5.32 Å². The molecule has 0 aliphatic heterocycles. The largest absolute Gasteiger partial charge is 0.383 e. The number of rotatable bonds is 3. The predicted octanol–water partition coefficient (Wildman–Crippen LogP) is 2.79. The molecule has 0 heterocycles. The van der Waals surface area contributed by atoms with Gasteiger partial charge in [0.1, 0.15) is 5.60 Å². The van der Waals surface area contributed by atoms with E-state index in [9.17, 15) is 18.7 Å². The lowest BCUT2D eigenvalue weighted by Crippen LogP contribution is -2.59. The Kier molecular flexibility index (Phi) is 3.34. The van der Waals surface area contributed by atoms with Gasteiger partial charge in [-0.3, -0.25) is 4.79 Å². The zero-order valence-electron chi connectivity index (χ0n) is 11.0. The van der Waals surface area contributed by atoms with Gasteiger partial charge in [0.25, 0.3) is 5.91 Å².